The van der Waals surface area contributed by atoms with Gasteiger partial charge in [-0.3, -0.25) is 4.79 Å². The third-order valence-electron chi connectivity index (χ3n) is 7.58. The first kappa shape index (κ1) is 26.5. The van der Waals surface area contributed by atoms with E-state index in [2.05, 4.69) is 20.6 Å². The number of aromatic nitrogens is 3. The van der Waals surface area contributed by atoms with Crippen LogP contribution in [0.15, 0.2) is 60.9 Å². The average Bonchev–Trinajstić information content (AvgIpc) is 3.79. The molecule has 0 bridgehead atoms. The van der Waals surface area contributed by atoms with E-state index in [1.54, 1.807) is 18.5 Å². The van der Waals surface area contributed by atoms with Crippen molar-refractivity contribution < 1.29 is 19.4 Å². The predicted octanol–water partition coefficient (Wildman–Crippen LogP) is 6.09. The lowest BCUT2D eigenvalue weighted by Gasteiger charge is -2.31. The zero-order chi connectivity index (χ0) is 28.3. The number of carbonyl (C=O) groups is 2. The Morgan fingerprint density at radius 1 is 1.02 bits per heavy atom. The second-order valence-corrected chi connectivity index (χ2v) is 10.7. The number of benzene rings is 2. The molecule has 2 aliphatic rings. The number of nitrogens with zero attached hydrogens (tertiary/aromatic N) is 4. The number of hydrogen-bond donors (Lipinski definition) is 3. The fourth-order valence-corrected chi connectivity index (χ4v) is 5.26. The first-order valence-electron chi connectivity index (χ1n) is 14.0. The number of hydrogen-bond acceptors (Lipinski definition) is 7. The molecule has 3 heterocycles. The van der Waals surface area contributed by atoms with Gasteiger partial charge in [0.2, 0.25) is 17.7 Å². The van der Waals surface area contributed by atoms with Gasteiger partial charge < -0.3 is 25.4 Å². The standard InChI is InChI=1S/C31H32N6O4/c1-19-9-12-22-23(6-2-8-25(22)35-27(38)17-20-10-11-20)28(19)41-29-24(7-3-14-32-29)26-13-15-33-30(36-26)34-21-5-4-16-37(18-21)31(39)40/h2-3,6-9,12-15,20-21H,4-5,10-11,16-18H2,1H3,(H,35,38)(H,39,40)(H,33,34,36)/t21-/m0/s1. The maximum absolute atomic E-state index is 12.6. The first-order chi connectivity index (χ1) is 19.9. The van der Waals surface area contributed by atoms with Crippen molar-refractivity contribution in [1.82, 2.24) is 19.9 Å². The number of carbonyl (C=O) groups excluding carboxylic acids is 1. The molecule has 3 N–H and O–H groups in total. The molecule has 10 heteroatoms. The van der Waals surface area contributed by atoms with E-state index >= 15 is 0 Å². The molecule has 2 fully saturated rings. The zero-order valence-corrected chi connectivity index (χ0v) is 22.8. The summed E-state index contributed by atoms with van der Waals surface area (Å²) in [5, 5.41) is 17.5. The Bertz CT molecular complexity index is 1610. The number of rotatable bonds is 8. The molecule has 0 unspecified atom stereocenters. The lowest BCUT2D eigenvalue weighted by atomic mass is 10.0. The Balaban J connectivity index is 1.27. The summed E-state index contributed by atoms with van der Waals surface area (Å²) < 4.78 is 6.50. The molecule has 6 rings (SSSR count). The molecule has 1 saturated heterocycles. The summed E-state index contributed by atoms with van der Waals surface area (Å²) in [5.41, 5.74) is 3.01. The van der Waals surface area contributed by atoms with E-state index in [1.165, 1.54) is 4.90 Å². The van der Waals surface area contributed by atoms with Crippen molar-refractivity contribution in [3.8, 4) is 22.9 Å². The first-order valence-corrected chi connectivity index (χ1v) is 14.0. The second kappa shape index (κ2) is 11.4. The minimum atomic E-state index is -0.917. The summed E-state index contributed by atoms with van der Waals surface area (Å²) in [6, 6.07) is 15.2. The molecule has 1 saturated carbocycles. The number of anilines is 2. The van der Waals surface area contributed by atoms with Crippen LogP contribution in [0.4, 0.5) is 16.4 Å². The maximum Gasteiger partial charge on any atom is 0.407 e. The van der Waals surface area contributed by atoms with Gasteiger partial charge in [0.1, 0.15) is 5.75 Å². The molecule has 41 heavy (non-hydrogen) atoms. The summed E-state index contributed by atoms with van der Waals surface area (Å²) in [5.74, 6) is 2.01. The molecule has 2 aromatic heterocycles. The van der Waals surface area contributed by atoms with E-state index in [0.717, 1.165) is 47.7 Å². The van der Waals surface area contributed by atoms with Crippen LogP contribution in [0.1, 0.15) is 37.7 Å². The largest absolute Gasteiger partial charge is 0.465 e. The molecule has 0 radical (unpaired) electrons. The number of fused-ring (bicyclic) bond motifs is 1. The highest BCUT2D eigenvalue weighted by Gasteiger charge is 2.25. The van der Waals surface area contributed by atoms with Crippen molar-refractivity contribution in [2.75, 3.05) is 23.7 Å². The maximum atomic E-state index is 12.6. The van der Waals surface area contributed by atoms with Crippen molar-refractivity contribution >= 4 is 34.4 Å². The van der Waals surface area contributed by atoms with Crippen LogP contribution in [0.5, 0.6) is 11.6 Å². The SMILES string of the molecule is Cc1ccc2c(NC(=O)CC3CC3)cccc2c1Oc1ncccc1-c1ccnc(N[C@H]2CCCN(C(=O)O)C2)n1. The van der Waals surface area contributed by atoms with Crippen molar-refractivity contribution in [3.05, 3.63) is 66.5 Å². The van der Waals surface area contributed by atoms with Crippen LogP contribution in [0.3, 0.4) is 0 Å². The number of nitrogens with one attached hydrogen (secondary N) is 2. The Morgan fingerprint density at radius 2 is 1.90 bits per heavy atom. The second-order valence-electron chi connectivity index (χ2n) is 10.7. The molecule has 1 aliphatic carbocycles. The summed E-state index contributed by atoms with van der Waals surface area (Å²) in [6.45, 7) is 2.90. The molecule has 2 amide bonds. The van der Waals surface area contributed by atoms with E-state index in [0.29, 0.717) is 54.3 Å². The van der Waals surface area contributed by atoms with Gasteiger partial charge in [0.05, 0.1) is 11.3 Å². The Kier molecular flexibility index (Phi) is 7.37. The van der Waals surface area contributed by atoms with Gasteiger partial charge in [0.25, 0.3) is 0 Å². The molecular weight excluding hydrogens is 520 g/mol. The van der Waals surface area contributed by atoms with Crippen LogP contribution < -0.4 is 15.4 Å². The van der Waals surface area contributed by atoms with E-state index < -0.39 is 6.09 Å². The third kappa shape index (κ3) is 6.06. The number of ether oxygens (including phenoxy) is 1. The Morgan fingerprint density at radius 3 is 2.73 bits per heavy atom. The molecule has 2 aromatic carbocycles. The monoisotopic (exact) mass is 552 g/mol. The van der Waals surface area contributed by atoms with E-state index in [9.17, 15) is 14.7 Å². The van der Waals surface area contributed by atoms with Crippen LogP contribution >= 0.6 is 0 Å². The number of piperidine rings is 1. The minimum absolute atomic E-state index is 0.0344. The highest BCUT2D eigenvalue weighted by Crippen LogP contribution is 2.39. The molecule has 1 atom stereocenters. The van der Waals surface area contributed by atoms with Gasteiger partial charge in [0.15, 0.2) is 0 Å². The third-order valence-corrected chi connectivity index (χ3v) is 7.58. The van der Waals surface area contributed by atoms with Gasteiger partial charge in [0, 0.05) is 54.4 Å². The van der Waals surface area contributed by atoms with Gasteiger partial charge >= 0.3 is 6.09 Å². The van der Waals surface area contributed by atoms with Crippen LogP contribution in [0, 0.1) is 12.8 Å². The van der Waals surface area contributed by atoms with Crippen molar-refractivity contribution in [2.45, 2.75) is 45.1 Å². The lowest BCUT2D eigenvalue weighted by molar-refractivity contribution is -0.116. The number of aryl methyl sites for hydroxylation is 1. The summed E-state index contributed by atoms with van der Waals surface area (Å²) in [4.78, 5) is 39.0. The number of likely N-dealkylation sites (tertiary alicyclic amines) is 1. The van der Waals surface area contributed by atoms with Gasteiger partial charge in [-0.1, -0.05) is 24.3 Å². The van der Waals surface area contributed by atoms with Gasteiger partial charge in [-0.2, -0.15) is 0 Å². The smallest absolute Gasteiger partial charge is 0.407 e. The van der Waals surface area contributed by atoms with Crippen LogP contribution in [0.25, 0.3) is 22.0 Å². The molecular formula is C31H32N6O4. The highest BCUT2D eigenvalue weighted by atomic mass is 16.5. The normalized spacial score (nSPS) is 16.8. The van der Waals surface area contributed by atoms with E-state index in [-0.39, 0.29) is 11.9 Å². The zero-order valence-electron chi connectivity index (χ0n) is 22.8. The molecule has 0 spiro atoms. The summed E-state index contributed by atoms with van der Waals surface area (Å²) in [6.07, 6.45) is 6.84. The van der Waals surface area contributed by atoms with Gasteiger partial charge in [-0.25, -0.2) is 19.7 Å². The summed E-state index contributed by atoms with van der Waals surface area (Å²) in [7, 11) is 0. The van der Waals surface area contributed by atoms with Gasteiger partial charge in [-0.15, -0.1) is 0 Å². The molecule has 4 aromatic rings. The topological polar surface area (TPSA) is 130 Å². The van der Waals surface area contributed by atoms with Gasteiger partial charge in [-0.05, 0) is 68.4 Å². The fourth-order valence-electron chi connectivity index (χ4n) is 5.26. The van der Waals surface area contributed by atoms with Crippen LogP contribution in [0.2, 0.25) is 0 Å². The minimum Gasteiger partial charge on any atom is -0.465 e. The number of pyridine rings is 1. The van der Waals surface area contributed by atoms with Crippen LogP contribution in [-0.4, -0.2) is 56.1 Å². The Hall–Kier alpha value is -4.73. The highest BCUT2D eigenvalue weighted by molar-refractivity contribution is 6.04. The number of carboxylic acid groups (broad SMARTS) is 1. The van der Waals surface area contributed by atoms with Crippen molar-refractivity contribution in [3.63, 3.8) is 0 Å². The van der Waals surface area contributed by atoms with Crippen molar-refractivity contribution in [1.29, 1.82) is 0 Å². The summed E-state index contributed by atoms with van der Waals surface area (Å²) >= 11 is 0. The van der Waals surface area contributed by atoms with E-state index in [1.807, 2.05) is 49.4 Å². The molecule has 10 nitrogen and oxygen atoms in total. The lowest BCUT2D eigenvalue weighted by Crippen LogP contribution is -2.44. The van der Waals surface area contributed by atoms with E-state index in [4.69, 9.17) is 9.72 Å². The quantitative estimate of drug-likeness (QED) is 0.240. The number of amides is 2. The van der Waals surface area contributed by atoms with Crippen molar-refractivity contribution in [2.24, 2.45) is 5.92 Å². The molecule has 210 valence electrons. The predicted molar refractivity (Wildman–Crippen MR) is 156 cm³/mol. The van der Waals surface area contributed by atoms with Crippen LogP contribution in [-0.2, 0) is 4.79 Å². The fraction of sp³-hybridized carbons (Fsp3) is 0.323. The average molecular weight is 553 g/mol. The molecule has 1 aliphatic heterocycles. The Labute approximate surface area is 237 Å².